The molecular formula is C52H72O6. The van der Waals surface area contributed by atoms with E-state index < -0.39 is 0 Å². The van der Waals surface area contributed by atoms with Gasteiger partial charge in [-0.15, -0.1) is 0 Å². The van der Waals surface area contributed by atoms with Gasteiger partial charge in [0.15, 0.2) is 0 Å². The van der Waals surface area contributed by atoms with Crippen molar-refractivity contribution in [3.05, 3.63) is 115 Å². The first-order chi connectivity index (χ1) is 27.0. The molecule has 58 heavy (non-hydrogen) atoms. The summed E-state index contributed by atoms with van der Waals surface area (Å²) in [6.07, 6.45) is 1.86. The van der Waals surface area contributed by atoms with Gasteiger partial charge in [-0.05, 0) is 102 Å². The predicted molar refractivity (Wildman–Crippen MR) is 239 cm³/mol. The van der Waals surface area contributed by atoms with Crippen molar-refractivity contribution in [3.8, 4) is 23.0 Å². The van der Waals surface area contributed by atoms with Crippen molar-refractivity contribution in [1.29, 1.82) is 0 Å². The molecule has 0 amide bonds. The first kappa shape index (κ1) is 45.1. The van der Waals surface area contributed by atoms with Crippen LogP contribution in [0.3, 0.4) is 0 Å². The van der Waals surface area contributed by atoms with Crippen LogP contribution < -0.4 is 9.47 Å². The van der Waals surface area contributed by atoms with E-state index in [9.17, 15) is 10.2 Å². The molecule has 0 saturated carbocycles. The molecule has 0 radical (unpaired) electrons. The lowest BCUT2D eigenvalue weighted by Crippen LogP contribution is -2.17. The molecule has 0 spiro atoms. The SMILES string of the molecule is CCOCCOc1c2cc(C(C)(C)C)cc1Cc1cc(C(C)(C)C)cc(c1O)Cc1cc(C(C)(C)C)cc(c1OCCOCC)Cc1cc(C(C)(C)C)cc(c1O)C2. The highest BCUT2D eigenvalue weighted by atomic mass is 16.5. The van der Waals surface area contributed by atoms with Crippen LogP contribution in [-0.2, 0) is 56.8 Å². The van der Waals surface area contributed by atoms with Gasteiger partial charge in [-0.1, -0.05) is 132 Å². The standard InChI is InChI=1S/C52H72O6/c1-15-55-17-19-57-47-37-21-33-25-41(49(3,4)5)27-35(45(33)53)23-39-31-44(52(12,13)14)32-40(48(39)58-20-18-56-16-2)24-36-28-42(50(6,7)8)26-34(46(36)54)22-38(47)30-43(29-37)51(9,10)11/h25-32,53-54H,15-24H2,1-14H3. The molecule has 0 heterocycles. The summed E-state index contributed by atoms with van der Waals surface area (Å²) in [5.74, 6) is 2.16. The van der Waals surface area contributed by atoms with Gasteiger partial charge >= 0.3 is 0 Å². The summed E-state index contributed by atoms with van der Waals surface area (Å²) in [7, 11) is 0. The van der Waals surface area contributed by atoms with E-state index in [0.29, 0.717) is 76.8 Å². The molecule has 2 N–H and O–H groups in total. The number of rotatable bonds is 10. The summed E-state index contributed by atoms with van der Waals surface area (Å²) >= 11 is 0. The van der Waals surface area contributed by atoms with Gasteiger partial charge in [0.2, 0.25) is 0 Å². The van der Waals surface area contributed by atoms with Gasteiger partial charge in [-0.25, -0.2) is 0 Å². The summed E-state index contributed by atoms with van der Waals surface area (Å²) in [6, 6.07) is 17.7. The van der Waals surface area contributed by atoms with E-state index >= 15 is 0 Å². The molecular weight excluding hydrogens is 721 g/mol. The highest BCUT2D eigenvalue weighted by Crippen LogP contribution is 2.43. The van der Waals surface area contributed by atoms with Crippen LogP contribution in [0.2, 0.25) is 0 Å². The Morgan fingerprint density at radius 2 is 0.603 bits per heavy atom. The number of phenols is 2. The molecule has 8 bridgehead atoms. The number of benzene rings is 4. The van der Waals surface area contributed by atoms with Crippen molar-refractivity contribution in [2.75, 3.05) is 39.6 Å². The van der Waals surface area contributed by atoms with Crippen molar-refractivity contribution >= 4 is 0 Å². The van der Waals surface area contributed by atoms with E-state index in [2.05, 4.69) is 132 Å². The predicted octanol–water partition coefficient (Wildman–Crippen LogP) is 11.8. The minimum absolute atomic E-state index is 0.166. The fourth-order valence-electron chi connectivity index (χ4n) is 7.71. The second kappa shape index (κ2) is 17.7. The molecule has 4 aromatic rings. The molecule has 5 rings (SSSR count). The minimum Gasteiger partial charge on any atom is -0.507 e. The molecule has 1 aliphatic carbocycles. The maximum absolute atomic E-state index is 12.4. The lowest BCUT2D eigenvalue weighted by atomic mass is 9.79. The maximum Gasteiger partial charge on any atom is 0.126 e. The molecule has 0 unspecified atom stereocenters. The van der Waals surface area contributed by atoms with Crippen LogP contribution in [0.1, 0.15) is 164 Å². The zero-order valence-corrected chi connectivity index (χ0v) is 38.2. The van der Waals surface area contributed by atoms with Crippen LogP contribution >= 0.6 is 0 Å². The second-order valence-corrected chi connectivity index (χ2v) is 20.3. The number of aromatic hydroxyl groups is 2. The Balaban J connectivity index is 1.91. The second-order valence-electron chi connectivity index (χ2n) is 20.3. The fraction of sp³-hybridized carbons (Fsp3) is 0.538. The Bertz CT molecular complexity index is 1820. The molecule has 4 aromatic carbocycles. The summed E-state index contributed by atoms with van der Waals surface area (Å²) in [5, 5.41) is 24.9. The number of hydrogen-bond donors (Lipinski definition) is 2. The quantitative estimate of drug-likeness (QED) is 0.137. The largest absolute Gasteiger partial charge is 0.507 e. The monoisotopic (exact) mass is 793 g/mol. The van der Waals surface area contributed by atoms with Crippen LogP contribution in [-0.4, -0.2) is 49.9 Å². The Hall–Kier alpha value is -4.00. The van der Waals surface area contributed by atoms with Gasteiger partial charge in [0, 0.05) is 38.9 Å². The third kappa shape index (κ3) is 10.8. The highest BCUT2D eigenvalue weighted by Gasteiger charge is 2.28. The third-order valence-corrected chi connectivity index (χ3v) is 11.4. The summed E-state index contributed by atoms with van der Waals surface area (Å²) in [6.45, 7) is 33.7. The summed E-state index contributed by atoms with van der Waals surface area (Å²) in [4.78, 5) is 0. The summed E-state index contributed by atoms with van der Waals surface area (Å²) in [5.41, 5.74) is 11.4. The van der Waals surface area contributed by atoms with E-state index in [4.69, 9.17) is 18.9 Å². The molecule has 0 fully saturated rings. The summed E-state index contributed by atoms with van der Waals surface area (Å²) < 4.78 is 25.0. The molecule has 0 aliphatic heterocycles. The van der Waals surface area contributed by atoms with E-state index in [0.717, 1.165) is 67.1 Å². The molecule has 6 nitrogen and oxygen atoms in total. The number of hydrogen-bond acceptors (Lipinski definition) is 6. The van der Waals surface area contributed by atoms with Crippen LogP contribution in [0.25, 0.3) is 0 Å². The topological polar surface area (TPSA) is 77.4 Å². The van der Waals surface area contributed by atoms with Gasteiger partial charge in [0.25, 0.3) is 0 Å². The average Bonchev–Trinajstić information content (AvgIpc) is 3.11. The lowest BCUT2D eigenvalue weighted by molar-refractivity contribution is 0.109. The van der Waals surface area contributed by atoms with Crippen molar-refractivity contribution in [3.63, 3.8) is 0 Å². The average molecular weight is 793 g/mol. The Kier molecular flexibility index (Phi) is 13.8. The minimum atomic E-state index is -0.173. The van der Waals surface area contributed by atoms with Crippen LogP contribution in [0.5, 0.6) is 23.0 Å². The van der Waals surface area contributed by atoms with Gasteiger partial charge in [-0.2, -0.15) is 0 Å². The number of fused-ring (bicyclic) bond motifs is 8. The van der Waals surface area contributed by atoms with Gasteiger partial charge < -0.3 is 29.2 Å². The zero-order valence-electron chi connectivity index (χ0n) is 38.2. The Labute approximate surface area is 350 Å². The Morgan fingerprint density at radius 1 is 0.379 bits per heavy atom. The molecule has 0 saturated heterocycles. The van der Waals surface area contributed by atoms with Gasteiger partial charge in [0.1, 0.15) is 36.2 Å². The van der Waals surface area contributed by atoms with Gasteiger partial charge in [-0.3, -0.25) is 0 Å². The molecule has 0 atom stereocenters. The number of phenolic OH excluding ortho intramolecular Hbond substituents is 2. The third-order valence-electron chi connectivity index (χ3n) is 11.4. The van der Waals surface area contributed by atoms with E-state index in [1.54, 1.807) is 0 Å². The van der Waals surface area contributed by atoms with Crippen LogP contribution in [0.4, 0.5) is 0 Å². The first-order valence-corrected chi connectivity index (χ1v) is 21.4. The van der Waals surface area contributed by atoms with E-state index in [1.165, 1.54) is 11.1 Å². The highest BCUT2D eigenvalue weighted by molar-refractivity contribution is 5.59. The molecule has 6 heteroatoms. The number of ether oxygens (including phenoxy) is 4. The fourth-order valence-corrected chi connectivity index (χ4v) is 7.71. The molecule has 0 aromatic heterocycles. The van der Waals surface area contributed by atoms with Crippen molar-refractivity contribution in [1.82, 2.24) is 0 Å². The first-order valence-electron chi connectivity index (χ1n) is 21.4. The molecule has 316 valence electrons. The van der Waals surface area contributed by atoms with Crippen molar-refractivity contribution < 1.29 is 29.2 Å². The molecule has 1 aliphatic rings. The normalized spacial score (nSPS) is 13.8. The van der Waals surface area contributed by atoms with Crippen LogP contribution in [0, 0.1) is 0 Å². The Morgan fingerprint density at radius 3 is 0.810 bits per heavy atom. The van der Waals surface area contributed by atoms with Gasteiger partial charge in [0.05, 0.1) is 13.2 Å². The maximum atomic E-state index is 12.4. The lowest BCUT2D eigenvalue weighted by Gasteiger charge is -2.28. The van der Waals surface area contributed by atoms with Crippen molar-refractivity contribution in [2.24, 2.45) is 0 Å². The smallest absolute Gasteiger partial charge is 0.126 e. The van der Waals surface area contributed by atoms with E-state index in [-0.39, 0.29) is 21.7 Å². The van der Waals surface area contributed by atoms with Crippen molar-refractivity contribution in [2.45, 2.75) is 144 Å². The van der Waals surface area contributed by atoms with E-state index in [1.807, 2.05) is 13.8 Å². The van der Waals surface area contributed by atoms with Crippen LogP contribution in [0.15, 0.2) is 48.5 Å². The zero-order chi connectivity index (χ0) is 42.8.